The molecule has 0 heterocycles. The SMILES string of the molecule is O=C(NCc1ccc(F)cc1)OC1CCCC1. The van der Waals surface area contributed by atoms with Crippen molar-refractivity contribution >= 4 is 6.09 Å². The molecular formula is C13H16FNO2. The number of rotatable bonds is 3. The predicted molar refractivity (Wildman–Crippen MR) is 62.0 cm³/mol. The van der Waals surface area contributed by atoms with Gasteiger partial charge in [-0.1, -0.05) is 12.1 Å². The van der Waals surface area contributed by atoms with Crippen molar-refractivity contribution in [2.24, 2.45) is 0 Å². The van der Waals surface area contributed by atoms with Crippen LogP contribution >= 0.6 is 0 Å². The Kier molecular flexibility index (Phi) is 3.96. The molecule has 4 heteroatoms. The quantitative estimate of drug-likeness (QED) is 0.877. The zero-order valence-corrected chi connectivity index (χ0v) is 9.62. The number of amides is 1. The number of benzene rings is 1. The van der Waals surface area contributed by atoms with Gasteiger partial charge in [0.15, 0.2) is 0 Å². The topological polar surface area (TPSA) is 38.3 Å². The first-order valence-electron chi connectivity index (χ1n) is 5.93. The molecule has 0 aromatic heterocycles. The molecular weight excluding hydrogens is 221 g/mol. The van der Waals surface area contributed by atoms with Crippen LogP contribution in [0.2, 0.25) is 0 Å². The van der Waals surface area contributed by atoms with Crippen LogP contribution in [0.4, 0.5) is 9.18 Å². The van der Waals surface area contributed by atoms with Crippen LogP contribution < -0.4 is 5.32 Å². The lowest BCUT2D eigenvalue weighted by molar-refractivity contribution is 0.101. The maximum atomic E-state index is 12.6. The van der Waals surface area contributed by atoms with E-state index in [0.717, 1.165) is 31.2 Å². The van der Waals surface area contributed by atoms with Crippen LogP contribution in [0.15, 0.2) is 24.3 Å². The maximum absolute atomic E-state index is 12.6. The Morgan fingerprint density at radius 2 is 1.94 bits per heavy atom. The van der Waals surface area contributed by atoms with Crippen LogP contribution in [0, 0.1) is 5.82 Å². The monoisotopic (exact) mass is 237 g/mol. The first kappa shape index (κ1) is 11.9. The predicted octanol–water partition coefficient (Wildman–Crippen LogP) is 2.99. The largest absolute Gasteiger partial charge is 0.446 e. The highest BCUT2D eigenvalue weighted by Crippen LogP contribution is 2.20. The van der Waals surface area contributed by atoms with Crippen molar-refractivity contribution in [1.82, 2.24) is 5.32 Å². The fraction of sp³-hybridized carbons (Fsp3) is 0.462. The second kappa shape index (κ2) is 5.66. The molecule has 2 rings (SSSR count). The van der Waals surface area contributed by atoms with Crippen LogP contribution in [-0.2, 0) is 11.3 Å². The molecule has 0 saturated heterocycles. The zero-order chi connectivity index (χ0) is 12.1. The van der Waals surface area contributed by atoms with E-state index in [-0.39, 0.29) is 18.0 Å². The first-order valence-corrected chi connectivity index (χ1v) is 5.93. The lowest BCUT2D eigenvalue weighted by Gasteiger charge is -2.12. The lowest BCUT2D eigenvalue weighted by Crippen LogP contribution is -2.27. The molecule has 92 valence electrons. The Balaban J connectivity index is 1.73. The molecule has 1 aliphatic carbocycles. The fourth-order valence-corrected chi connectivity index (χ4v) is 1.98. The number of hydrogen-bond donors (Lipinski definition) is 1. The van der Waals surface area contributed by atoms with Crippen LogP contribution in [-0.4, -0.2) is 12.2 Å². The molecule has 1 saturated carbocycles. The summed E-state index contributed by atoms with van der Waals surface area (Å²) < 4.78 is 17.9. The van der Waals surface area contributed by atoms with Crippen molar-refractivity contribution in [3.63, 3.8) is 0 Å². The van der Waals surface area contributed by atoms with E-state index in [1.165, 1.54) is 12.1 Å². The number of carbonyl (C=O) groups is 1. The van der Waals surface area contributed by atoms with Gasteiger partial charge in [-0.15, -0.1) is 0 Å². The highest BCUT2D eigenvalue weighted by molar-refractivity contribution is 5.67. The summed E-state index contributed by atoms with van der Waals surface area (Å²) in [7, 11) is 0. The number of alkyl carbamates (subject to hydrolysis) is 1. The average molecular weight is 237 g/mol. The molecule has 1 aliphatic rings. The number of hydrogen-bond acceptors (Lipinski definition) is 2. The number of nitrogens with one attached hydrogen (secondary N) is 1. The molecule has 1 aromatic carbocycles. The van der Waals surface area contributed by atoms with Gasteiger partial charge in [0, 0.05) is 6.54 Å². The van der Waals surface area contributed by atoms with Crippen LogP contribution in [0.5, 0.6) is 0 Å². The number of ether oxygens (including phenoxy) is 1. The summed E-state index contributed by atoms with van der Waals surface area (Å²) in [5, 5.41) is 2.66. The molecule has 1 N–H and O–H groups in total. The normalized spacial score (nSPS) is 15.8. The Morgan fingerprint density at radius 1 is 1.29 bits per heavy atom. The van der Waals surface area contributed by atoms with Crippen molar-refractivity contribution in [2.45, 2.75) is 38.3 Å². The minimum atomic E-state index is -0.388. The van der Waals surface area contributed by atoms with Gasteiger partial charge in [-0.2, -0.15) is 0 Å². The Hall–Kier alpha value is -1.58. The summed E-state index contributed by atoms with van der Waals surface area (Å²) in [4.78, 5) is 11.4. The fourth-order valence-electron chi connectivity index (χ4n) is 1.98. The summed E-state index contributed by atoms with van der Waals surface area (Å²) >= 11 is 0. The second-order valence-corrected chi connectivity index (χ2v) is 4.29. The van der Waals surface area contributed by atoms with E-state index >= 15 is 0 Å². The minimum Gasteiger partial charge on any atom is -0.446 e. The molecule has 1 fully saturated rings. The first-order chi connectivity index (χ1) is 8.24. The summed E-state index contributed by atoms with van der Waals surface area (Å²) in [6, 6.07) is 6.04. The third-order valence-corrected chi connectivity index (χ3v) is 2.93. The Bertz CT molecular complexity index is 372. The summed E-state index contributed by atoms with van der Waals surface area (Å²) in [6.07, 6.45) is 3.88. The summed E-state index contributed by atoms with van der Waals surface area (Å²) in [5.74, 6) is -0.276. The van der Waals surface area contributed by atoms with Crippen molar-refractivity contribution in [3.05, 3.63) is 35.6 Å². The molecule has 3 nitrogen and oxygen atoms in total. The van der Waals surface area contributed by atoms with Gasteiger partial charge in [-0.3, -0.25) is 0 Å². The summed E-state index contributed by atoms with van der Waals surface area (Å²) in [6.45, 7) is 0.367. The Morgan fingerprint density at radius 3 is 2.59 bits per heavy atom. The minimum absolute atomic E-state index is 0.0724. The highest BCUT2D eigenvalue weighted by atomic mass is 19.1. The number of halogens is 1. The maximum Gasteiger partial charge on any atom is 0.407 e. The summed E-state index contributed by atoms with van der Waals surface area (Å²) in [5.41, 5.74) is 0.856. The molecule has 0 radical (unpaired) electrons. The van der Waals surface area contributed by atoms with Gasteiger partial charge in [0.1, 0.15) is 11.9 Å². The molecule has 1 amide bonds. The molecule has 17 heavy (non-hydrogen) atoms. The van der Waals surface area contributed by atoms with E-state index < -0.39 is 0 Å². The van der Waals surface area contributed by atoms with Gasteiger partial charge >= 0.3 is 6.09 Å². The van der Waals surface area contributed by atoms with Gasteiger partial charge in [-0.25, -0.2) is 9.18 Å². The second-order valence-electron chi connectivity index (χ2n) is 4.29. The Labute approximate surface area is 100.0 Å². The van der Waals surface area contributed by atoms with Crippen molar-refractivity contribution in [3.8, 4) is 0 Å². The van der Waals surface area contributed by atoms with Crippen LogP contribution in [0.3, 0.4) is 0 Å². The molecule has 0 aliphatic heterocycles. The third-order valence-electron chi connectivity index (χ3n) is 2.93. The van der Waals surface area contributed by atoms with Gasteiger partial charge in [0.2, 0.25) is 0 Å². The molecule has 0 unspecified atom stereocenters. The average Bonchev–Trinajstić information content (AvgIpc) is 2.81. The van der Waals surface area contributed by atoms with E-state index in [0.29, 0.717) is 6.54 Å². The van der Waals surface area contributed by atoms with E-state index in [1.807, 2.05) is 0 Å². The molecule has 0 spiro atoms. The van der Waals surface area contributed by atoms with E-state index in [9.17, 15) is 9.18 Å². The van der Waals surface area contributed by atoms with E-state index in [4.69, 9.17) is 4.74 Å². The van der Waals surface area contributed by atoms with Gasteiger partial charge in [0.05, 0.1) is 0 Å². The van der Waals surface area contributed by atoms with Crippen molar-refractivity contribution < 1.29 is 13.9 Å². The lowest BCUT2D eigenvalue weighted by atomic mass is 10.2. The number of carbonyl (C=O) groups excluding carboxylic acids is 1. The van der Waals surface area contributed by atoms with Gasteiger partial charge in [0.25, 0.3) is 0 Å². The molecule has 0 bridgehead atoms. The molecule has 0 atom stereocenters. The van der Waals surface area contributed by atoms with E-state index in [1.54, 1.807) is 12.1 Å². The van der Waals surface area contributed by atoms with Gasteiger partial charge in [-0.05, 0) is 43.4 Å². The van der Waals surface area contributed by atoms with E-state index in [2.05, 4.69) is 5.32 Å². The van der Waals surface area contributed by atoms with Crippen LogP contribution in [0.1, 0.15) is 31.2 Å². The standard InChI is InChI=1S/C13H16FNO2/c14-11-7-5-10(6-8-11)9-15-13(16)17-12-3-1-2-4-12/h5-8,12H,1-4,9H2,(H,15,16). The smallest absolute Gasteiger partial charge is 0.407 e. The zero-order valence-electron chi connectivity index (χ0n) is 9.62. The van der Waals surface area contributed by atoms with Crippen molar-refractivity contribution in [2.75, 3.05) is 0 Å². The molecule has 1 aromatic rings. The highest BCUT2D eigenvalue weighted by Gasteiger charge is 2.18. The van der Waals surface area contributed by atoms with Crippen LogP contribution in [0.25, 0.3) is 0 Å². The van der Waals surface area contributed by atoms with Crippen molar-refractivity contribution in [1.29, 1.82) is 0 Å². The van der Waals surface area contributed by atoms with Gasteiger partial charge < -0.3 is 10.1 Å². The third kappa shape index (κ3) is 3.73.